The van der Waals surface area contributed by atoms with Gasteiger partial charge in [-0.2, -0.15) is 0 Å². The third-order valence-electron chi connectivity index (χ3n) is 1.25. The number of carbonyl (C=O) groups is 1. The van der Waals surface area contributed by atoms with Gasteiger partial charge in [-0.15, -0.1) is 0 Å². The Balaban J connectivity index is 2.81. The summed E-state index contributed by atoms with van der Waals surface area (Å²) in [4.78, 5) is 18.2. The Morgan fingerprint density at radius 3 is 3.15 bits per heavy atom. The largest absolute Gasteiger partial charge is 0.446 e. The molecule has 0 N–H and O–H groups in total. The molecule has 13 heavy (non-hydrogen) atoms. The lowest BCUT2D eigenvalue weighted by atomic mass is 10.4. The minimum absolute atomic E-state index is 0.375. The Morgan fingerprint density at radius 1 is 1.77 bits per heavy atom. The van der Waals surface area contributed by atoms with Gasteiger partial charge in [0.1, 0.15) is 0 Å². The van der Waals surface area contributed by atoms with Crippen molar-refractivity contribution < 1.29 is 9.53 Å². The molecule has 0 fully saturated rings. The number of aromatic nitrogens is 2. The highest BCUT2D eigenvalue weighted by atomic mass is 79.9. The van der Waals surface area contributed by atoms with Gasteiger partial charge in [-0.25, -0.2) is 9.97 Å². The summed E-state index contributed by atoms with van der Waals surface area (Å²) in [5.74, 6) is 0. The second-order valence-corrected chi connectivity index (χ2v) is 3.62. The molecule has 0 spiro atoms. The normalized spacial score (nSPS) is 12.2. The molecule has 0 aliphatic carbocycles. The van der Waals surface area contributed by atoms with Gasteiger partial charge >= 0.3 is 0 Å². The van der Waals surface area contributed by atoms with E-state index in [0.29, 0.717) is 17.3 Å². The topological polar surface area (TPSA) is 52.1 Å². The molecule has 70 valence electrons. The van der Waals surface area contributed by atoms with Crippen LogP contribution in [0.5, 0.6) is 0 Å². The highest BCUT2D eigenvalue weighted by molar-refractivity contribution is 9.09. The molecule has 0 radical (unpaired) electrons. The van der Waals surface area contributed by atoms with E-state index in [4.69, 9.17) is 0 Å². The molecule has 1 rings (SSSR count). The van der Waals surface area contributed by atoms with Crippen LogP contribution in [0, 0.1) is 0 Å². The molecule has 0 aromatic carbocycles. The molecule has 1 unspecified atom stereocenters. The summed E-state index contributed by atoms with van der Waals surface area (Å²) in [6.07, 6.45) is 3.50. The third kappa shape index (κ3) is 2.96. The fraction of sp³-hybridized carbons (Fsp3) is 0.286. The summed E-state index contributed by atoms with van der Waals surface area (Å²) >= 11 is 4.59. The van der Waals surface area contributed by atoms with E-state index in [-0.39, 0.29) is 0 Å². The van der Waals surface area contributed by atoms with E-state index in [9.17, 15) is 4.79 Å². The summed E-state index contributed by atoms with van der Waals surface area (Å²) in [5.41, 5.74) is 0.631. The second-order valence-electron chi connectivity index (χ2n) is 2.02. The van der Waals surface area contributed by atoms with E-state index in [2.05, 4.69) is 30.6 Å². The van der Waals surface area contributed by atoms with Gasteiger partial charge in [0.05, 0.1) is 5.69 Å². The maximum Gasteiger partial charge on any atom is 0.294 e. The first-order valence-electron chi connectivity index (χ1n) is 3.38. The molecule has 6 heteroatoms. The number of alkyl halides is 1. The van der Waals surface area contributed by atoms with Crippen molar-refractivity contribution in [1.82, 2.24) is 9.97 Å². The van der Waals surface area contributed by atoms with Gasteiger partial charge in [0.25, 0.3) is 6.47 Å². The Labute approximate surface area is 88.2 Å². The smallest absolute Gasteiger partial charge is 0.294 e. The number of thioether (sulfide) groups is 1. The average molecular weight is 263 g/mol. The average Bonchev–Trinajstić information content (AvgIpc) is 2.18. The van der Waals surface area contributed by atoms with Crippen LogP contribution < -0.4 is 0 Å². The van der Waals surface area contributed by atoms with Crippen molar-refractivity contribution in [3.63, 3.8) is 0 Å². The maximum absolute atomic E-state index is 10.0. The number of ether oxygens (including phenoxy) is 1. The van der Waals surface area contributed by atoms with Crippen molar-refractivity contribution in [1.29, 1.82) is 0 Å². The van der Waals surface area contributed by atoms with E-state index < -0.39 is 5.01 Å². The van der Waals surface area contributed by atoms with Crippen molar-refractivity contribution in [2.75, 3.05) is 6.26 Å². The zero-order chi connectivity index (χ0) is 9.68. The van der Waals surface area contributed by atoms with E-state index >= 15 is 0 Å². The molecule has 1 atom stereocenters. The van der Waals surface area contributed by atoms with Crippen LogP contribution in [0.3, 0.4) is 0 Å². The molecular formula is C7H7BrN2O2S. The monoisotopic (exact) mass is 262 g/mol. The zero-order valence-electron chi connectivity index (χ0n) is 6.81. The first kappa shape index (κ1) is 10.5. The van der Waals surface area contributed by atoms with Gasteiger partial charge in [0.2, 0.25) is 0 Å². The second kappa shape index (κ2) is 5.18. The van der Waals surface area contributed by atoms with Crippen molar-refractivity contribution in [3.05, 3.63) is 18.0 Å². The predicted octanol–water partition coefficient (Wildman–Crippen LogP) is 1.76. The van der Waals surface area contributed by atoms with Crippen molar-refractivity contribution in [2.45, 2.75) is 10.2 Å². The molecule has 0 aliphatic rings. The minimum Gasteiger partial charge on any atom is -0.446 e. The number of hydrogen-bond donors (Lipinski definition) is 0. The summed E-state index contributed by atoms with van der Waals surface area (Å²) in [6.45, 7) is 0.375. The van der Waals surface area contributed by atoms with Gasteiger partial charge in [-0.05, 0) is 28.3 Å². The van der Waals surface area contributed by atoms with Gasteiger partial charge in [-0.3, -0.25) is 4.79 Å². The fourth-order valence-corrected chi connectivity index (χ4v) is 1.40. The van der Waals surface area contributed by atoms with Gasteiger partial charge < -0.3 is 4.74 Å². The summed E-state index contributed by atoms with van der Waals surface area (Å²) in [5, 5.41) is 0.148. The van der Waals surface area contributed by atoms with E-state index in [1.54, 1.807) is 12.3 Å². The van der Waals surface area contributed by atoms with Crippen LogP contribution in [0.4, 0.5) is 0 Å². The van der Waals surface area contributed by atoms with Gasteiger partial charge in [0, 0.05) is 6.20 Å². The minimum atomic E-state index is -0.501. The SMILES string of the molecule is CSc1nccc(C(Br)OC=O)n1. The molecule has 0 saturated carbocycles. The first-order valence-corrected chi connectivity index (χ1v) is 5.52. The molecule has 0 aliphatic heterocycles. The number of hydrogen-bond acceptors (Lipinski definition) is 5. The number of rotatable bonds is 4. The fourth-order valence-electron chi connectivity index (χ4n) is 0.697. The van der Waals surface area contributed by atoms with Gasteiger partial charge in [-0.1, -0.05) is 11.8 Å². The third-order valence-corrected chi connectivity index (χ3v) is 2.49. The molecule has 4 nitrogen and oxygen atoms in total. The molecule has 1 aromatic rings. The lowest BCUT2D eigenvalue weighted by Gasteiger charge is -2.06. The summed E-state index contributed by atoms with van der Waals surface area (Å²) < 4.78 is 4.66. The Kier molecular flexibility index (Phi) is 4.17. The Hall–Kier alpha value is -0.620. The number of nitrogens with zero attached hydrogens (tertiary/aromatic N) is 2. The van der Waals surface area contributed by atoms with E-state index in [1.165, 1.54) is 11.8 Å². The summed E-state index contributed by atoms with van der Waals surface area (Å²) in [6, 6.07) is 1.68. The molecule has 1 aromatic heterocycles. The van der Waals surface area contributed by atoms with Crippen LogP contribution in [-0.2, 0) is 9.53 Å². The number of carbonyl (C=O) groups excluding carboxylic acids is 1. The van der Waals surface area contributed by atoms with Crippen molar-refractivity contribution >= 4 is 34.2 Å². The Bertz CT molecular complexity index is 298. The van der Waals surface area contributed by atoms with E-state index in [0.717, 1.165) is 0 Å². The standard InChI is InChI=1S/C7H7BrN2O2S/c1-13-7-9-3-2-5(10-7)6(8)12-4-11/h2-4,6H,1H3. The summed E-state index contributed by atoms with van der Waals surface area (Å²) in [7, 11) is 0. The molecule has 1 heterocycles. The predicted molar refractivity (Wildman–Crippen MR) is 52.6 cm³/mol. The number of halogens is 1. The molecular weight excluding hydrogens is 256 g/mol. The molecule has 0 amide bonds. The van der Waals surface area contributed by atoms with E-state index in [1.807, 2.05) is 6.26 Å². The highest BCUT2D eigenvalue weighted by Crippen LogP contribution is 2.22. The highest BCUT2D eigenvalue weighted by Gasteiger charge is 2.09. The molecule has 0 saturated heterocycles. The molecule has 0 bridgehead atoms. The quantitative estimate of drug-likeness (QED) is 0.358. The van der Waals surface area contributed by atoms with Crippen molar-refractivity contribution in [3.8, 4) is 0 Å². The maximum atomic E-state index is 10.0. The van der Waals surface area contributed by atoms with Crippen molar-refractivity contribution in [2.24, 2.45) is 0 Å². The lowest BCUT2D eigenvalue weighted by molar-refractivity contribution is -0.130. The lowest BCUT2D eigenvalue weighted by Crippen LogP contribution is -1.99. The first-order chi connectivity index (χ1) is 6.27. The van der Waals surface area contributed by atoms with Crippen LogP contribution >= 0.6 is 27.7 Å². The van der Waals surface area contributed by atoms with Crippen LogP contribution in [0.15, 0.2) is 17.4 Å². The van der Waals surface area contributed by atoms with Crippen LogP contribution in [0.25, 0.3) is 0 Å². The van der Waals surface area contributed by atoms with Crippen LogP contribution in [0.2, 0.25) is 0 Å². The Morgan fingerprint density at radius 2 is 2.54 bits per heavy atom. The zero-order valence-corrected chi connectivity index (χ0v) is 9.21. The van der Waals surface area contributed by atoms with Gasteiger partial charge in [0.15, 0.2) is 10.2 Å². The van der Waals surface area contributed by atoms with Crippen LogP contribution in [0.1, 0.15) is 10.7 Å². The van der Waals surface area contributed by atoms with Crippen LogP contribution in [-0.4, -0.2) is 22.7 Å².